The fourth-order valence-electron chi connectivity index (χ4n) is 2.73. The summed E-state index contributed by atoms with van der Waals surface area (Å²) in [6, 6.07) is 0. The molecule has 3 heteroatoms. The molecule has 1 atom stereocenters. The van der Waals surface area contributed by atoms with Gasteiger partial charge in [-0.3, -0.25) is 4.39 Å². The van der Waals surface area contributed by atoms with Crippen molar-refractivity contribution in [2.24, 2.45) is 5.92 Å². The summed E-state index contributed by atoms with van der Waals surface area (Å²) in [5.41, 5.74) is 0. The fraction of sp³-hybridized carbons (Fsp3) is 0.765. The van der Waals surface area contributed by atoms with Crippen LogP contribution in [0.4, 0.5) is 8.78 Å². The number of alkyl halides is 1. The van der Waals surface area contributed by atoms with Crippen molar-refractivity contribution in [1.29, 1.82) is 0 Å². The molecule has 20 heavy (non-hydrogen) atoms. The minimum Gasteiger partial charge on any atom is -0.491 e. The molecule has 1 aliphatic carbocycles. The number of allylic oxidation sites excluding steroid dienone is 2. The molecule has 1 fully saturated rings. The Labute approximate surface area is 123 Å². The lowest BCUT2D eigenvalue weighted by molar-refractivity contribution is 0.0403. The molecule has 0 bridgehead atoms. The van der Waals surface area contributed by atoms with Crippen molar-refractivity contribution >= 4 is 0 Å². The second-order valence-electron chi connectivity index (χ2n) is 5.29. The highest BCUT2D eigenvalue weighted by molar-refractivity contribution is 4.99. The molecular formula is C17H30F2O. The van der Waals surface area contributed by atoms with Crippen LogP contribution in [-0.2, 0) is 4.74 Å². The fourth-order valence-corrected chi connectivity index (χ4v) is 2.73. The van der Waals surface area contributed by atoms with Crippen LogP contribution in [0, 0.1) is 5.92 Å². The molecular weight excluding hydrogens is 258 g/mol. The second kappa shape index (κ2) is 11.9. The first-order valence-electron chi connectivity index (χ1n) is 7.69. The summed E-state index contributed by atoms with van der Waals surface area (Å²) in [6.45, 7) is 7.35. The van der Waals surface area contributed by atoms with Crippen molar-refractivity contribution in [3.05, 3.63) is 24.2 Å². The van der Waals surface area contributed by atoms with Crippen molar-refractivity contribution in [2.75, 3.05) is 7.18 Å². The number of hydrogen-bond acceptors (Lipinski definition) is 1. The quantitative estimate of drug-likeness (QED) is 0.405. The molecule has 1 nitrogen and oxygen atoms in total. The van der Waals surface area contributed by atoms with Crippen LogP contribution in [0.25, 0.3) is 0 Å². The maximum atomic E-state index is 13.4. The Balaban J connectivity index is 0.00000172. The average Bonchev–Trinajstić information content (AvgIpc) is 2.49. The summed E-state index contributed by atoms with van der Waals surface area (Å²) in [7, 11) is 0.500. The maximum absolute atomic E-state index is 13.4. The van der Waals surface area contributed by atoms with E-state index in [9.17, 15) is 8.78 Å². The molecule has 1 rings (SSSR count). The van der Waals surface area contributed by atoms with Gasteiger partial charge in [-0.25, -0.2) is 4.39 Å². The van der Waals surface area contributed by atoms with Crippen LogP contribution >= 0.6 is 0 Å². The van der Waals surface area contributed by atoms with Crippen LogP contribution < -0.4 is 0 Å². The smallest absolute Gasteiger partial charge is 0.134 e. The van der Waals surface area contributed by atoms with Gasteiger partial charge in [-0.05, 0) is 32.1 Å². The summed E-state index contributed by atoms with van der Waals surface area (Å²) in [5.74, 6) is 0.958. The predicted molar refractivity (Wildman–Crippen MR) is 82.0 cm³/mol. The van der Waals surface area contributed by atoms with E-state index in [-0.39, 0.29) is 11.9 Å². The van der Waals surface area contributed by atoms with Gasteiger partial charge in [0.1, 0.15) is 17.7 Å². The number of halogens is 2. The number of rotatable bonds is 7. The van der Waals surface area contributed by atoms with Crippen LogP contribution in [0.1, 0.15) is 65.2 Å². The first-order valence-corrected chi connectivity index (χ1v) is 7.69. The number of hydrogen-bond donors (Lipinski definition) is 0. The highest BCUT2D eigenvalue weighted by Gasteiger charge is 2.25. The largest absolute Gasteiger partial charge is 0.491 e. The van der Waals surface area contributed by atoms with E-state index in [1.54, 1.807) is 0 Å². The van der Waals surface area contributed by atoms with Gasteiger partial charge in [0.05, 0.1) is 7.18 Å². The molecule has 1 aliphatic rings. The van der Waals surface area contributed by atoms with Crippen LogP contribution in [0.3, 0.4) is 0 Å². The van der Waals surface area contributed by atoms with Gasteiger partial charge in [0, 0.05) is 12.8 Å². The van der Waals surface area contributed by atoms with E-state index in [0.717, 1.165) is 12.8 Å². The molecule has 0 aliphatic heterocycles. The lowest BCUT2D eigenvalue weighted by Gasteiger charge is -2.31. The summed E-state index contributed by atoms with van der Waals surface area (Å²) in [4.78, 5) is 0. The Kier molecular flexibility index (Phi) is 11.4. The van der Waals surface area contributed by atoms with Crippen molar-refractivity contribution in [2.45, 2.75) is 71.3 Å². The highest BCUT2D eigenvalue weighted by Crippen LogP contribution is 2.32. The van der Waals surface area contributed by atoms with E-state index >= 15 is 0 Å². The Bertz CT molecular complexity index is 277. The predicted octanol–water partition coefficient (Wildman–Crippen LogP) is 6.11. The molecule has 1 saturated carbocycles. The van der Waals surface area contributed by atoms with Crippen molar-refractivity contribution in [1.82, 2.24) is 0 Å². The zero-order valence-corrected chi connectivity index (χ0v) is 13.3. The first-order chi connectivity index (χ1) is 9.69. The zero-order chi connectivity index (χ0) is 15.4. The van der Waals surface area contributed by atoms with Crippen LogP contribution in [0.2, 0.25) is 0 Å². The van der Waals surface area contributed by atoms with E-state index in [1.807, 2.05) is 6.08 Å². The minimum atomic E-state index is -0.165. The van der Waals surface area contributed by atoms with Gasteiger partial charge in [-0.2, -0.15) is 0 Å². The summed E-state index contributed by atoms with van der Waals surface area (Å²) < 4.78 is 28.9. The molecule has 0 amide bonds. The Morgan fingerprint density at radius 1 is 1.30 bits per heavy atom. The van der Waals surface area contributed by atoms with E-state index < -0.39 is 0 Å². The van der Waals surface area contributed by atoms with Gasteiger partial charge < -0.3 is 4.74 Å². The molecule has 0 aromatic rings. The van der Waals surface area contributed by atoms with E-state index in [4.69, 9.17) is 4.74 Å². The highest BCUT2D eigenvalue weighted by atomic mass is 19.1. The third-order valence-corrected chi connectivity index (χ3v) is 3.73. The molecule has 0 radical (unpaired) electrons. The van der Waals surface area contributed by atoms with Crippen molar-refractivity contribution in [3.8, 4) is 0 Å². The summed E-state index contributed by atoms with van der Waals surface area (Å²) in [6.07, 6.45) is 10.8. The van der Waals surface area contributed by atoms with Gasteiger partial charge in [0.2, 0.25) is 0 Å². The van der Waals surface area contributed by atoms with Gasteiger partial charge in [0.15, 0.2) is 0 Å². The maximum Gasteiger partial charge on any atom is 0.134 e. The standard InChI is InChI=1S/C16H27FO.CH3F/c1-4-9-15(13(3)17)18-16(10-5-2)14-11-7-6-8-12-14;1-2/h5,14,16H,2,4,6-12H2,1,3H3;1H3/b15-13-;. The van der Waals surface area contributed by atoms with E-state index in [2.05, 4.69) is 13.5 Å². The molecule has 0 heterocycles. The Morgan fingerprint density at radius 2 is 1.90 bits per heavy atom. The van der Waals surface area contributed by atoms with Crippen LogP contribution in [0.5, 0.6) is 0 Å². The zero-order valence-electron chi connectivity index (χ0n) is 13.3. The van der Waals surface area contributed by atoms with Gasteiger partial charge >= 0.3 is 0 Å². The van der Waals surface area contributed by atoms with E-state index in [1.165, 1.54) is 39.0 Å². The molecule has 0 N–H and O–H groups in total. The molecule has 118 valence electrons. The lowest BCUT2D eigenvalue weighted by Crippen LogP contribution is -2.25. The molecule has 0 aromatic heterocycles. The van der Waals surface area contributed by atoms with Crippen LogP contribution in [-0.4, -0.2) is 13.3 Å². The summed E-state index contributed by atoms with van der Waals surface area (Å²) >= 11 is 0. The van der Waals surface area contributed by atoms with Crippen molar-refractivity contribution in [3.63, 3.8) is 0 Å². The monoisotopic (exact) mass is 288 g/mol. The molecule has 0 saturated heterocycles. The SMILES string of the molecule is C=CCC(O/C(CCC)=C(/C)F)C1CCCCC1.CF. The van der Waals surface area contributed by atoms with Crippen LogP contribution in [0.15, 0.2) is 24.2 Å². The van der Waals surface area contributed by atoms with Gasteiger partial charge in [-0.15, -0.1) is 6.58 Å². The third kappa shape index (κ3) is 7.06. The summed E-state index contributed by atoms with van der Waals surface area (Å²) in [5, 5.41) is 0. The first kappa shape index (κ1) is 19.1. The number of ether oxygens (including phenoxy) is 1. The average molecular weight is 288 g/mol. The molecule has 1 unspecified atom stereocenters. The minimum absolute atomic E-state index is 0.120. The van der Waals surface area contributed by atoms with Gasteiger partial charge in [-0.1, -0.05) is 32.3 Å². The normalized spacial score (nSPS) is 18.4. The Morgan fingerprint density at radius 3 is 2.35 bits per heavy atom. The third-order valence-electron chi connectivity index (χ3n) is 3.73. The van der Waals surface area contributed by atoms with E-state index in [0.29, 0.717) is 25.3 Å². The van der Waals surface area contributed by atoms with Gasteiger partial charge in [0.25, 0.3) is 0 Å². The Hall–Kier alpha value is -0.860. The topological polar surface area (TPSA) is 9.23 Å². The lowest BCUT2D eigenvalue weighted by atomic mass is 9.84. The molecule has 0 aromatic carbocycles. The second-order valence-corrected chi connectivity index (χ2v) is 5.29. The van der Waals surface area contributed by atoms with Crippen molar-refractivity contribution < 1.29 is 13.5 Å². The molecule has 0 spiro atoms.